The van der Waals surface area contributed by atoms with Crippen LogP contribution in [0.4, 0.5) is 8.78 Å². The molecule has 2 aromatic carbocycles. The second-order valence-corrected chi connectivity index (χ2v) is 3.82. The van der Waals surface area contributed by atoms with Crippen molar-refractivity contribution in [1.82, 2.24) is 0 Å². The van der Waals surface area contributed by atoms with Gasteiger partial charge in [0.05, 0.1) is 12.7 Å². The van der Waals surface area contributed by atoms with E-state index in [1.54, 1.807) is 0 Å². The highest BCUT2D eigenvalue weighted by Crippen LogP contribution is 2.30. The van der Waals surface area contributed by atoms with E-state index in [0.717, 1.165) is 6.07 Å². The van der Waals surface area contributed by atoms with Gasteiger partial charge in [0, 0.05) is 11.1 Å². The highest BCUT2D eigenvalue weighted by Gasteiger charge is 2.15. The first-order chi connectivity index (χ1) is 9.04. The van der Waals surface area contributed by atoms with Crippen molar-refractivity contribution in [3.05, 3.63) is 53.6 Å². The van der Waals surface area contributed by atoms with E-state index in [0.29, 0.717) is 0 Å². The molecule has 0 saturated heterocycles. The molecule has 0 saturated carbocycles. The number of carbonyl (C=O) groups is 1. The van der Waals surface area contributed by atoms with E-state index in [1.165, 1.54) is 37.4 Å². The number of ether oxygens (including phenoxy) is 1. The van der Waals surface area contributed by atoms with Crippen LogP contribution in [0.5, 0.6) is 5.75 Å². The number of halogens is 2. The smallest absolute Gasteiger partial charge is 0.335 e. The summed E-state index contributed by atoms with van der Waals surface area (Å²) in [5.74, 6) is -2.73. The zero-order valence-corrected chi connectivity index (χ0v) is 9.98. The Kier molecular flexibility index (Phi) is 3.46. The minimum Gasteiger partial charge on any atom is -0.494 e. The number of rotatable bonds is 3. The van der Waals surface area contributed by atoms with Crippen LogP contribution in [0.3, 0.4) is 0 Å². The fraction of sp³-hybridized carbons (Fsp3) is 0.0714. The molecule has 0 bridgehead atoms. The molecule has 2 rings (SSSR count). The number of hydrogen-bond acceptors (Lipinski definition) is 2. The van der Waals surface area contributed by atoms with Crippen LogP contribution in [0, 0.1) is 11.6 Å². The predicted molar refractivity (Wildman–Crippen MR) is 65.3 cm³/mol. The van der Waals surface area contributed by atoms with Crippen molar-refractivity contribution in [2.45, 2.75) is 0 Å². The fourth-order valence-corrected chi connectivity index (χ4v) is 1.74. The Morgan fingerprint density at radius 2 is 1.89 bits per heavy atom. The molecule has 0 aromatic heterocycles. The summed E-state index contributed by atoms with van der Waals surface area (Å²) in [7, 11) is 1.31. The molecule has 0 radical (unpaired) electrons. The van der Waals surface area contributed by atoms with Gasteiger partial charge in [0.25, 0.3) is 0 Å². The molecule has 0 amide bonds. The maximum Gasteiger partial charge on any atom is 0.335 e. The van der Waals surface area contributed by atoms with Gasteiger partial charge in [-0.2, -0.15) is 0 Å². The van der Waals surface area contributed by atoms with Crippen molar-refractivity contribution >= 4 is 5.97 Å². The van der Waals surface area contributed by atoms with Crippen molar-refractivity contribution in [2.75, 3.05) is 7.11 Å². The van der Waals surface area contributed by atoms with Crippen LogP contribution in [0.1, 0.15) is 10.4 Å². The summed E-state index contributed by atoms with van der Waals surface area (Å²) >= 11 is 0. The molecule has 3 nitrogen and oxygen atoms in total. The molecule has 0 aliphatic heterocycles. The lowest BCUT2D eigenvalue weighted by molar-refractivity contribution is 0.0696. The third-order valence-electron chi connectivity index (χ3n) is 2.69. The number of benzene rings is 2. The maximum atomic E-state index is 14.0. The molecule has 0 fully saturated rings. The number of aromatic carboxylic acids is 1. The van der Waals surface area contributed by atoms with Gasteiger partial charge < -0.3 is 9.84 Å². The first kappa shape index (κ1) is 13.0. The monoisotopic (exact) mass is 264 g/mol. The topological polar surface area (TPSA) is 46.5 Å². The minimum absolute atomic E-state index is 0.000730. The third-order valence-corrected chi connectivity index (χ3v) is 2.69. The zero-order valence-electron chi connectivity index (χ0n) is 9.98. The predicted octanol–water partition coefficient (Wildman–Crippen LogP) is 3.34. The summed E-state index contributed by atoms with van der Waals surface area (Å²) in [6.45, 7) is 0. The molecule has 0 heterocycles. The van der Waals surface area contributed by atoms with E-state index in [4.69, 9.17) is 9.84 Å². The van der Waals surface area contributed by atoms with Crippen LogP contribution >= 0.6 is 0 Å². The Hall–Kier alpha value is -2.43. The summed E-state index contributed by atoms with van der Waals surface area (Å²) in [6.07, 6.45) is 0. The van der Waals surface area contributed by atoms with E-state index in [9.17, 15) is 13.6 Å². The second-order valence-electron chi connectivity index (χ2n) is 3.82. The Morgan fingerprint density at radius 3 is 2.47 bits per heavy atom. The molecule has 19 heavy (non-hydrogen) atoms. The Labute approximate surface area is 108 Å². The standard InChI is InChI=1S/C14H10F2O3/c1-19-12-4-2-3-10(13(12)16)9-6-5-8(14(17)18)7-11(9)15/h2-7H,1H3,(H,17,18). The molecule has 0 unspecified atom stereocenters. The largest absolute Gasteiger partial charge is 0.494 e. The number of hydrogen-bond donors (Lipinski definition) is 1. The van der Waals surface area contributed by atoms with Crippen LogP contribution in [0.15, 0.2) is 36.4 Å². The van der Waals surface area contributed by atoms with Gasteiger partial charge in [-0.1, -0.05) is 18.2 Å². The lowest BCUT2D eigenvalue weighted by Crippen LogP contribution is -1.99. The van der Waals surface area contributed by atoms with Gasteiger partial charge in [-0.3, -0.25) is 0 Å². The minimum atomic E-state index is -1.24. The van der Waals surface area contributed by atoms with Crippen LogP contribution < -0.4 is 4.74 Å². The molecule has 0 spiro atoms. The van der Waals surface area contributed by atoms with Gasteiger partial charge >= 0.3 is 5.97 Å². The van der Waals surface area contributed by atoms with Crippen LogP contribution in [0.2, 0.25) is 0 Å². The summed E-state index contributed by atoms with van der Waals surface area (Å²) in [6, 6.07) is 7.66. The van der Waals surface area contributed by atoms with Gasteiger partial charge in [0.2, 0.25) is 0 Å². The van der Waals surface area contributed by atoms with Gasteiger partial charge in [0.1, 0.15) is 5.82 Å². The second kappa shape index (κ2) is 5.06. The third kappa shape index (κ3) is 2.40. The lowest BCUT2D eigenvalue weighted by atomic mass is 10.0. The first-order valence-corrected chi connectivity index (χ1v) is 5.40. The quantitative estimate of drug-likeness (QED) is 0.924. The van der Waals surface area contributed by atoms with Crippen LogP contribution in [-0.2, 0) is 0 Å². The molecule has 0 aliphatic rings. The van der Waals surface area contributed by atoms with Crippen molar-refractivity contribution in [2.24, 2.45) is 0 Å². The van der Waals surface area contributed by atoms with Crippen molar-refractivity contribution < 1.29 is 23.4 Å². The number of carboxylic acids is 1. The van der Waals surface area contributed by atoms with E-state index in [-0.39, 0.29) is 22.4 Å². The Morgan fingerprint density at radius 1 is 1.16 bits per heavy atom. The van der Waals surface area contributed by atoms with E-state index in [2.05, 4.69) is 0 Å². The summed E-state index contributed by atoms with van der Waals surface area (Å²) in [4.78, 5) is 10.7. The van der Waals surface area contributed by atoms with Crippen LogP contribution in [0.25, 0.3) is 11.1 Å². The number of carboxylic acid groups (broad SMARTS) is 1. The van der Waals surface area contributed by atoms with Gasteiger partial charge in [-0.05, 0) is 18.2 Å². The SMILES string of the molecule is COc1cccc(-c2ccc(C(=O)O)cc2F)c1F. The van der Waals surface area contributed by atoms with Crippen molar-refractivity contribution in [1.29, 1.82) is 0 Å². The van der Waals surface area contributed by atoms with Crippen molar-refractivity contribution in [3.8, 4) is 16.9 Å². The highest BCUT2D eigenvalue weighted by atomic mass is 19.1. The molecule has 1 N–H and O–H groups in total. The molecular formula is C14H10F2O3. The van der Waals surface area contributed by atoms with E-state index in [1.807, 2.05) is 0 Å². The van der Waals surface area contributed by atoms with Crippen LogP contribution in [-0.4, -0.2) is 18.2 Å². The van der Waals surface area contributed by atoms with Gasteiger partial charge in [0.15, 0.2) is 11.6 Å². The normalized spacial score (nSPS) is 10.3. The fourth-order valence-electron chi connectivity index (χ4n) is 1.74. The van der Waals surface area contributed by atoms with Gasteiger partial charge in [-0.25, -0.2) is 13.6 Å². The summed E-state index contributed by atoms with van der Waals surface area (Å²) in [5.41, 5.74) is -0.181. The average Bonchev–Trinajstić information content (AvgIpc) is 2.39. The molecule has 5 heteroatoms. The maximum absolute atomic E-state index is 14.0. The van der Waals surface area contributed by atoms with E-state index < -0.39 is 17.6 Å². The average molecular weight is 264 g/mol. The molecule has 0 aliphatic carbocycles. The Bertz CT molecular complexity index is 639. The molecular weight excluding hydrogens is 254 g/mol. The van der Waals surface area contributed by atoms with Gasteiger partial charge in [-0.15, -0.1) is 0 Å². The summed E-state index contributed by atoms with van der Waals surface area (Å²) < 4.78 is 32.6. The molecule has 0 atom stereocenters. The highest BCUT2D eigenvalue weighted by molar-refractivity contribution is 5.88. The Balaban J connectivity index is 2.57. The number of methoxy groups -OCH3 is 1. The lowest BCUT2D eigenvalue weighted by Gasteiger charge is -2.08. The van der Waals surface area contributed by atoms with E-state index >= 15 is 0 Å². The first-order valence-electron chi connectivity index (χ1n) is 5.40. The molecule has 98 valence electrons. The molecule has 2 aromatic rings. The zero-order chi connectivity index (χ0) is 14.0. The summed E-state index contributed by atoms with van der Waals surface area (Å²) in [5, 5.41) is 8.75. The van der Waals surface area contributed by atoms with Crippen molar-refractivity contribution in [3.63, 3.8) is 0 Å².